The van der Waals surface area contributed by atoms with E-state index in [2.05, 4.69) is 121 Å². The maximum Gasteiger partial charge on any atom is 0.116 e. The molecule has 0 N–H and O–H groups in total. The molecule has 5 aliphatic carbocycles. The number of para-hydroxylation sites is 1. The van der Waals surface area contributed by atoms with Crippen molar-refractivity contribution in [2.45, 2.75) is 45.1 Å². The number of allylic oxidation sites excluding steroid dienone is 14. The van der Waals surface area contributed by atoms with Crippen molar-refractivity contribution in [3.63, 3.8) is 0 Å². The van der Waals surface area contributed by atoms with Crippen LogP contribution in [0.5, 0.6) is 0 Å². The second kappa shape index (κ2) is 9.70. The smallest absolute Gasteiger partial charge is 0.116 e. The lowest BCUT2D eigenvalue weighted by Crippen LogP contribution is -2.40. The minimum absolute atomic E-state index is 0.208. The lowest BCUT2D eigenvalue weighted by atomic mass is 9.71. The van der Waals surface area contributed by atoms with Crippen molar-refractivity contribution in [3.8, 4) is 0 Å². The predicted octanol–water partition coefficient (Wildman–Crippen LogP) is 9.13. The maximum absolute atomic E-state index is 6.66. The molecule has 40 heavy (non-hydrogen) atoms. The van der Waals surface area contributed by atoms with Gasteiger partial charge in [0.25, 0.3) is 0 Å². The predicted molar refractivity (Wildman–Crippen MR) is 166 cm³/mol. The minimum atomic E-state index is 0.208. The Morgan fingerprint density at radius 3 is 2.62 bits per heavy atom. The summed E-state index contributed by atoms with van der Waals surface area (Å²) in [6.45, 7) is 2.34. The van der Waals surface area contributed by atoms with Crippen molar-refractivity contribution in [2.24, 2.45) is 29.6 Å². The maximum atomic E-state index is 6.66. The van der Waals surface area contributed by atoms with Crippen molar-refractivity contribution in [2.75, 3.05) is 0 Å². The number of benzene rings is 1. The molecule has 6 atom stereocenters. The summed E-state index contributed by atoms with van der Waals surface area (Å²) in [4.78, 5) is 0. The van der Waals surface area contributed by atoms with Crippen LogP contribution in [-0.4, -0.2) is 10.7 Å². The highest BCUT2D eigenvalue weighted by Crippen LogP contribution is 2.46. The van der Waals surface area contributed by atoms with Gasteiger partial charge in [-0.05, 0) is 62.3 Å². The van der Waals surface area contributed by atoms with Crippen molar-refractivity contribution in [1.29, 1.82) is 0 Å². The Bertz CT molecular complexity index is 1640. The van der Waals surface area contributed by atoms with E-state index < -0.39 is 0 Å². The normalized spacial score (nSPS) is 31.9. The van der Waals surface area contributed by atoms with Crippen molar-refractivity contribution in [3.05, 3.63) is 131 Å². The lowest BCUT2D eigenvalue weighted by Gasteiger charge is -2.42. The average molecular weight is 524 g/mol. The van der Waals surface area contributed by atoms with Crippen molar-refractivity contribution >= 4 is 22.7 Å². The number of nitrogens with zero attached hydrogens (tertiary/aromatic N) is 1. The SMILES string of the molecule is CC1C=CC=CC1C1=CC=C(n2c3c(c4ccccc42)C=C(C2CC=CC4C5C=CC=CC(=C5)O[C@H]24)CC3)CC1. The first-order chi connectivity index (χ1) is 19.7. The first kappa shape index (κ1) is 24.1. The van der Waals surface area contributed by atoms with E-state index in [1.54, 1.807) is 11.1 Å². The molecule has 6 aliphatic rings. The lowest BCUT2D eigenvalue weighted by molar-refractivity contribution is 0.0208. The molecule has 1 aliphatic heterocycles. The summed E-state index contributed by atoms with van der Waals surface area (Å²) in [5.41, 5.74) is 8.83. The molecule has 0 saturated carbocycles. The van der Waals surface area contributed by atoms with Gasteiger partial charge in [-0.15, -0.1) is 0 Å². The minimum Gasteiger partial charge on any atom is -0.489 e. The molecule has 1 aromatic carbocycles. The molecular formula is C38H37NO. The Hall–Kier alpha value is -3.78. The Morgan fingerprint density at radius 2 is 1.73 bits per heavy atom. The van der Waals surface area contributed by atoms with E-state index in [1.807, 2.05) is 0 Å². The second-order valence-electron chi connectivity index (χ2n) is 12.3. The van der Waals surface area contributed by atoms with Gasteiger partial charge < -0.3 is 9.30 Å². The molecule has 2 heteroatoms. The number of ether oxygens (including phenoxy) is 1. The van der Waals surface area contributed by atoms with Crippen LogP contribution in [0.25, 0.3) is 22.7 Å². The summed E-state index contributed by atoms with van der Waals surface area (Å²) in [6.07, 6.45) is 38.1. The fraction of sp³-hybridized carbons (Fsp3) is 0.316. The Balaban J connectivity index is 1.16. The van der Waals surface area contributed by atoms with Gasteiger partial charge in [-0.25, -0.2) is 0 Å². The molecule has 8 rings (SSSR count). The van der Waals surface area contributed by atoms with E-state index in [0.717, 1.165) is 37.9 Å². The van der Waals surface area contributed by atoms with Gasteiger partial charge in [-0.1, -0.05) is 103 Å². The van der Waals surface area contributed by atoms with Gasteiger partial charge >= 0.3 is 0 Å². The van der Waals surface area contributed by atoms with Crippen LogP contribution in [0.1, 0.15) is 43.9 Å². The van der Waals surface area contributed by atoms with Gasteiger partial charge in [0.1, 0.15) is 11.9 Å². The van der Waals surface area contributed by atoms with E-state index in [-0.39, 0.29) is 6.10 Å². The zero-order chi connectivity index (χ0) is 26.6. The third-order valence-electron chi connectivity index (χ3n) is 10.1. The molecule has 2 aromatic rings. The molecule has 0 saturated heterocycles. The van der Waals surface area contributed by atoms with Gasteiger partial charge in [-0.2, -0.15) is 0 Å². The van der Waals surface area contributed by atoms with E-state index in [4.69, 9.17) is 4.74 Å². The van der Waals surface area contributed by atoms with Crippen LogP contribution >= 0.6 is 0 Å². The van der Waals surface area contributed by atoms with Gasteiger partial charge in [0.2, 0.25) is 0 Å². The third kappa shape index (κ3) is 3.91. The topological polar surface area (TPSA) is 14.2 Å². The largest absolute Gasteiger partial charge is 0.489 e. The molecule has 0 amide bonds. The highest BCUT2D eigenvalue weighted by molar-refractivity contribution is 5.95. The third-order valence-corrected chi connectivity index (χ3v) is 10.1. The molecule has 2 bridgehead atoms. The molecule has 2 heterocycles. The fourth-order valence-corrected chi connectivity index (χ4v) is 8.04. The van der Waals surface area contributed by atoms with Crippen LogP contribution in [0.2, 0.25) is 0 Å². The monoisotopic (exact) mass is 523 g/mol. The number of aromatic nitrogens is 1. The van der Waals surface area contributed by atoms with E-state index in [0.29, 0.717) is 29.6 Å². The molecule has 5 unspecified atom stereocenters. The summed E-state index contributed by atoms with van der Waals surface area (Å²) in [7, 11) is 0. The standard InChI is InChI=1S/C38H37NO/c1-25-9-2-5-12-31(25)26-17-20-29(21-18-26)39-36-16-7-6-13-34(36)35-24-28(19-22-37(35)39)33-15-8-14-32-27-10-3-4-11-30(23-27)40-38(32)33/h2-14,16-17,20,23-25,27,31-33,38H,15,18-19,21-22H2,1H3/t25?,27?,31?,32?,33?,38-/m0/s1. The second-order valence-corrected chi connectivity index (χ2v) is 12.3. The summed E-state index contributed by atoms with van der Waals surface area (Å²) in [5.74, 6) is 3.40. The number of hydrogen-bond acceptors (Lipinski definition) is 1. The highest BCUT2D eigenvalue weighted by atomic mass is 16.5. The first-order valence-corrected chi connectivity index (χ1v) is 15.2. The Morgan fingerprint density at radius 1 is 0.850 bits per heavy atom. The van der Waals surface area contributed by atoms with Gasteiger partial charge in [0.15, 0.2) is 0 Å². The molecule has 0 fully saturated rings. The van der Waals surface area contributed by atoms with Gasteiger partial charge in [0.05, 0.1) is 5.52 Å². The zero-order valence-electron chi connectivity index (χ0n) is 23.2. The molecule has 200 valence electrons. The number of rotatable bonds is 3. The van der Waals surface area contributed by atoms with Crippen molar-refractivity contribution in [1.82, 2.24) is 4.57 Å². The van der Waals surface area contributed by atoms with Crippen molar-refractivity contribution < 1.29 is 4.74 Å². The molecule has 1 aromatic heterocycles. The summed E-state index contributed by atoms with van der Waals surface area (Å²) >= 11 is 0. The first-order valence-electron chi connectivity index (χ1n) is 15.2. The molecule has 0 radical (unpaired) electrons. The fourth-order valence-electron chi connectivity index (χ4n) is 8.04. The van der Waals surface area contributed by atoms with Crippen LogP contribution in [0, 0.1) is 29.6 Å². The average Bonchev–Trinajstić information content (AvgIpc) is 3.20. The Labute approximate surface area is 237 Å². The summed E-state index contributed by atoms with van der Waals surface area (Å²) in [5, 5.41) is 1.38. The van der Waals surface area contributed by atoms with E-state index in [1.165, 1.54) is 27.9 Å². The van der Waals surface area contributed by atoms with Gasteiger partial charge in [0, 0.05) is 46.0 Å². The van der Waals surface area contributed by atoms with E-state index >= 15 is 0 Å². The number of hydrogen-bond donors (Lipinski definition) is 0. The number of fused-ring (bicyclic) bond motifs is 6. The van der Waals surface area contributed by atoms with E-state index in [9.17, 15) is 0 Å². The Kier molecular flexibility index (Phi) is 5.83. The van der Waals surface area contributed by atoms with Crippen LogP contribution < -0.4 is 0 Å². The van der Waals surface area contributed by atoms with Crippen LogP contribution in [-0.2, 0) is 11.2 Å². The van der Waals surface area contributed by atoms with Crippen LogP contribution in [0.15, 0.2) is 120 Å². The molecule has 0 spiro atoms. The molecular weight excluding hydrogens is 486 g/mol. The van der Waals surface area contributed by atoms with Crippen LogP contribution in [0.3, 0.4) is 0 Å². The van der Waals surface area contributed by atoms with Crippen LogP contribution in [0.4, 0.5) is 0 Å². The summed E-state index contributed by atoms with van der Waals surface area (Å²) in [6, 6.07) is 9.04. The molecule has 2 nitrogen and oxygen atoms in total. The zero-order valence-corrected chi connectivity index (χ0v) is 23.2. The van der Waals surface area contributed by atoms with Gasteiger partial charge in [-0.3, -0.25) is 0 Å². The highest BCUT2D eigenvalue weighted by Gasteiger charge is 2.41. The summed E-state index contributed by atoms with van der Waals surface area (Å²) < 4.78 is 9.26. The quantitative estimate of drug-likeness (QED) is 0.366.